The molecule has 0 saturated heterocycles. The van der Waals surface area contributed by atoms with Crippen LogP contribution < -0.4 is 10.1 Å². The Morgan fingerprint density at radius 2 is 1.67 bits per heavy atom. The molecule has 0 aliphatic carbocycles. The topological polar surface area (TPSA) is 75.6 Å². The van der Waals surface area contributed by atoms with Gasteiger partial charge >= 0.3 is 5.97 Å². The lowest BCUT2D eigenvalue weighted by Gasteiger charge is -2.15. The van der Waals surface area contributed by atoms with Crippen molar-refractivity contribution in [1.82, 2.24) is 0 Å². The predicted octanol–water partition coefficient (Wildman–Crippen LogP) is 2.79. The van der Waals surface area contributed by atoms with Crippen LogP contribution in [0.25, 0.3) is 0 Å². The molecule has 108 valence electrons. The number of ether oxygens (including phenoxy) is 1. The summed E-state index contributed by atoms with van der Waals surface area (Å²) in [6.45, 7) is 1.60. The number of carbonyl (C=O) groups is 2. The third kappa shape index (κ3) is 3.82. The normalized spacial score (nSPS) is 11.5. The van der Waals surface area contributed by atoms with Crippen molar-refractivity contribution in [1.29, 1.82) is 0 Å². The highest BCUT2D eigenvalue weighted by Gasteiger charge is 2.17. The minimum atomic E-state index is -1.09. The molecule has 5 nitrogen and oxygen atoms in total. The monoisotopic (exact) mass is 285 g/mol. The van der Waals surface area contributed by atoms with Gasteiger partial charge in [0.2, 0.25) is 0 Å². The number of hydrogen-bond acceptors (Lipinski definition) is 3. The van der Waals surface area contributed by atoms with Crippen molar-refractivity contribution in [3.8, 4) is 5.75 Å². The van der Waals surface area contributed by atoms with Crippen LogP contribution in [0, 0.1) is 0 Å². The Morgan fingerprint density at radius 1 is 1.05 bits per heavy atom. The Balaban J connectivity index is 2.06. The summed E-state index contributed by atoms with van der Waals surface area (Å²) < 4.78 is 5.49. The number of para-hydroxylation sites is 2. The molecular formula is C16H15NO4. The quantitative estimate of drug-likeness (QED) is 0.885. The van der Waals surface area contributed by atoms with Gasteiger partial charge in [-0.1, -0.05) is 30.3 Å². The molecule has 2 rings (SSSR count). The van der Waals surface area contributed by atoms with Crippen LogP contribution in [0.2, 0.25) is 0 Å². The Morgan fingerprint density at radius 3 is 2.33 bits per heavy atom. The van der Waals surface area contributed by atoms with Crippen molar-refractivity contribution in [2.75, 3.05) is 5.32 Å². The summed E-state index contributed by atoms with van der Waals surface area (Å²) in [6.07, 6.45) is -0.741. The first-order valence-corrected chi connectivity index (χ1v) is 6.43. The first-order valence-electron chi connectivity index (χ1n) is 6.43. The lowest BCUT2D eigenvalue weighted by atomic mass is 10.1. The highest BCUT2D eigenvalue weighted by atomic mass is 16.5. The zero-order valence-electron chi connectivity index (χ0n) is 11.4. The standard InChI is InChI=1S/C16H15NO4/c1-11(21-12-7-3-2-4-8-12)15(18)17-14-10-6-5-9-13(14)16(19)20/h2-11H,1H3,(H,17,18)(H,19,20). The molecule has 21 heavy (non-hydrogen) atoms. The SMILES string of the molecule is CC(Oc1ccccc1)C(=O)Nc1ccccc1C(=O)O. The van der Waals surface area contributed by atoms with E-state index < -0.39 is 18.0 Å². The Kier molecular flexibility index (Phi) is 4.56. The van der Waals surface area contributed by atoms with E-state index in [0.29, 0.717) is 5.75 Å². The molecule has 0 aliphatic rings. The van der Waals surface area contributed by atoms with Gasteiger partial charge in [-0.3, -0.25) is 4.79 Å². The highest BCUT2D eigenvalue weighted by Crippen LogP contribution is 2.16. The average Bonchev–Trinajstić information content (AvgIpc) is 2.48. The second kappa shape index (κ2) is 6.56. The zero-order valence-corrected chi connectivity index (χ0v) is 11.4. The zero-order chi connectivity index (χ0) is 15.2. The van der Waals surface area contributed by atoms with Crippen molar-refractivity contribution < 1.29 is 19.4 Å². The van der Waals surface area contributed by atoms with Gasteiger partial charge in [-0.2, -0.15) is 0 Å². The van der Waals surface area contributed by atoms with Crippen LogP contribution in [0.4, 0.5) is 5.69 Å². The molecule has 2 aromatic carbocycles. The lowest BCUT2D eigenvalue weighted by molar-refractivity contribution is -0.122. The molecule has 2 aromatic rings. The van der Waals surface area contributed by atoms with E-state index in [9.17, 15) is 9.59 Å². The number of aromatic carboxylic acids is 1. The van der Waals surface area contributed by atoms with Gasteiger partial charge in [-0.15, -0.1) is 0 Å². The molecule has 0 aromatic heterocycles. The van der Waals surface area contributed by atoms with Gasteiger partial charge in [0.25, 0.3) is 5.91 Å². The fourth-order valence-electron chi connectivity index (χ4n) is 1.77. The second-order valence-corrected chi connectivity index (χ2v) is 4.41. The smallest absolute Gasteiger partial charge is 0.337 e. The van der Waals surface area contributed by atoms with Crippen molar-refractivity contribution >= 4 is 17.6 Å². The maximum atomic E-state index is 12.1. The van der Waals surface area contributed by atoms with Crippen molar-refractivity contribution in [2.45, 2.75) is 13.0 Å². The summed E-state index contributed by atoms with van der Waals surface area (Å²) in [5, 5.41) is 11.6. The number of anilines is 1. The molecule has 0 spiro atoms. The van der Waals surface area contributed by atoms with E-state index in [1.165, 1.54) is 12.1 Å². The third-order valence-electron chi connectivity index (χ3n) is 2.84. The van der Waals surface area contributed by atoms with Gasteiger partial charge in [-0.25, -0.2) is 4.79 Å². The van der Waals surface area contributed by atoms with Gasteiger partial charge in [0.05, 0.1) is 11.3 Å². The van der Waals surface area contributed by atoms with E-state index in [-0.39, 0.29) is 11.3 Å². The van der Waals surface area contributed by atoms with Crippen LogP contribution in [0.5, 0.6) is 5.75 Å². The van der Waals surface area contributed by atoms with Crippen molar-refractivity contribution in [3.63, 3.8) is 0 Å². The number of benzene rings is 2. The lowest BCUT2D eigenvalue weighted by Crippen LogP contribution is -2.30. The van der Waals surface area contributed by atoms with E-state index in [1.807, 2.05) is 6.07 Å². The summed E-state index contributed by atoms with van der Waals surface area (Å²) in [4.78, 5) is 23.1. The first-order chi connectivity index (χ1) is 10.1. The fourth-order valence-corrected chi connectivity index (χ4v) is 1.77. The number of carboxylic acids is 1. The van der Waals surface area contributed by atoms with E-state index >= 15 is 0 Å². The minimum absolute atomic E-state index is 0.0396. The number of nitrogens with one attached hydrogen (secondary N) is 1. The summed E-state index contributed by atoms with van der Waals surface area (Å²) in [5.74, 6) is -0.929. The molecule has 0 radical (unpaired) electrons. The predicted molar refractivity (Wildman–Crippen MR) is 78.6 cm³/mol. The average molecular weight is 285 g/mol. The van der Waals surface area contributed by atoms with Crippen LogP contribution in [0.3, 0.4) is 0 Å². The first kappa shape index (κ1) is 14.6. The Labute approximate surface area is 122 Å². The number of hydrogen-bond donors (Lipinski definition) is 2. The second-order valence-electron chi connectivity index (χ2n) is 4.41. The van der Waals surface area contributed by atoms with Crippen LogP contribution in [-0.2, 0) is 4.79 Å². The number of carbonyl (C=O) groups excluding carboxylic acids is 1. The molecule has 0 fully saturated rings. The van der Waals surface area contributed by atoms with Crippen LogP contribution >= 0.6 is 0 Å². The van der Waals surface area contributed by atoms with Gasteiger partial charge in [-0.05, 0) is 31.2 Å². The summed E-state index contributed by atoms with van der Waals surface area (Å²) >= 11 is 0. The number of carboxylic acid groups (broad SMARTS) is 1. The molecule has 0 saturated carbocycles. The number of amides is 1. The van der Waals surface area contributed by atoms with Crippen molar-refractivity contribution in [2.24, 2.45) is 0 Å². The third-order valence-corrected chi connectivity index (χ3v) is 2.84. The fraction of sp³-hybridized carbons (Fsp3) is 0.125. The molecule has 0 bridgehead atoms. The van der Waals surface area contributed by atoms with E-state index in [4.69, 9.17) is 9.84 Å². The van der Waals surface area contributed by atoms with Gasteiger partial charge < -0.3 is 15.2 Å². The van der Waals surface area contributed by atoms with Crippen LogP contribution in [0.1, 0.15) is 17.3 Å². The maximum absolute atomic E-state index is 12.1. The molecule has 1 atom stereocenters. The summed E-state index contributed by atoms with van der Waals surface area (Å²) in [6, 6.07) is 15.2. The molecular weight excluding hydrogens is 270 g/mol. The van der Waals surface area contributed by atoms with Gasteiger partial charge in [0.15, 0.2) is 6.10 Å². The molecule has 0 aliphatic heterocycles. The largest absolute Gasteiger partial charge is 0.481 e. The highest BCUT2D eigenvalue weighted by molar-refractivity contribution is 6.01. The summed E-state index contributed by atoms with van der Waals surface area (Å²) in [5.41, 5.74) is 0.288. The maximum Gasteiger partial charge on any atom is 0.337 e. The molecule has 1 unspecified atom stereocenters. The van der Waals surface area contributed by atoms with Crippen LogP contribution in [0.15, 0.2) is 54.6 Å². The molecule has 0 heterocycles. The molecule has 5 heteroatoms. The van der Waals surface area contributed by atoms with Crippen molar-refractivity contribution in [3.05, 3.63) is 60.2 Å². The Hall–Kier alpha value is -2.82. The minimum Gasteiger partial charge on any atom is -0.481 e. The van der Waals surface area contributed by atoms with Crippen LogP contribution in [-0.4, -0.2) is 23.1 Å². The number of rotatable bonds is 5. The van der Waals surface area contributed by atoms with E-state index in [1.54, 1.807) is 43.3 Å². The molecule has 1 amide bonds. The van der Waals surface area contributed by atoms with E-state index in [0.717, 1.165) is 0 Å². The van der Waals surface area contributed by atoms with E-state index in [2.05, 4.69) is 5.32 Å². The summed E-state index contributed by atoms with van der Waals surface area (Å²) in [7, 11) is 0. The molecule has 2 N–H and O–H groups in total. The Bertz CT molecular complexity index is 640. The van der Waals surface area contributed by atoms with Gasteiger partial charge in [0.1, 0.15) is 5.75 Å². The van der Waals surface area contributed by atoms with Gasteiger partial charge in [0, 0.05) is 0 Å².